The van der Waals surface area contributed by atoms with Gasteiger partial charge in [-0.05, 0) is 35.6 Å². The summed E-state index contributed by atoms with van der Waals surface area (Å²) in [4.78, 5) is 11.2. The first-order valence-corrected chi connectivity index (χ1v) is 5.80. The Morgan fingerprint density at radius 1 is 1.35 bits per heavy atom. The maximum absolute atomic E-state index is 11.2. The quantitative estimate of drug-likeness (QED) is 0.633. The molecule has 1 N–H and O–H groups in total. The molecule has 3 nitrogen and oxygen atoms in total. The van der Waals surface area contributed by atoms with Gasteiger partial charge < -0.3 is 9.84 Å². The molecule has 0 unspecified atom stereocenters. The second-order valence-corrected chi connectivity index (χ2v) is 5.21. The number of carbonyl (C=O) groups is 1. The summed E-state index contributed by atoms with van der Waals surface area (Å²) in [6.45, 7) is 9.90. The minimum atomic E-state index is -0.344. The average Bonchev–Trinajstić information content (AvgIpc) is 2.19. The van der Waals surface area contributed by atoms with Crippen molar-refractivity contribution in [3.05, 3.63) is 23.3 Å². The van der Waals surface area contributed by atoms with Crippen LogP contribution in [0.2, 0.25) is 0 Å². The van der Waals surface area contributed by atoms with Crippen molar-refractivity contribution in [1.82, 2.24) is 0 Å². The summed E-state index contributed by atoms with van der Waals surface area (Å²) in [7, 11) is 0. The van der Waals surface area contributed by atoms with Gasteiger partial charge in [0.05, 0.1) is 0 Å². The predicted molar refractivity (Wildman–Crippen MR) is 67.5 cm³/mol. The minimum Gasteiger partial charge on any atom is -0.504 e. The summed E-state index contributed by atoms with van der Waals surface area (Å²) in [5.41, 5.74) is 2.01. The van der Waals surface area contributed by atoms with Crippen LogP contribution in [0.5, 0.6) is 11.5 Å². The summed E-state index contributed by atoms with van der Waals surface area (Å²) in [6.07, 6.45) is 0.290. The van der Waals surface area contributed by atoms with E-state index < -0.39 is 0 Å². The van der Waals surface area contributed by atoms with Crippen LogP contribution in [-0.2, 0) is 10.2 Å². The third kappa shape index (κ3) is 3.22. The standard InChI is InChI=1S/C14H20O3/c1-6-13(16)17-12-8-10(14(3,4)5)9(2)7-11(12)15/h7-8,15H,6H2,1-5H3. The molecular formula is C14H20O3. The zero-order valence-corrected chi connectivity index (χ0v) is 11.1. The number of esters is 1. The van der Waals surface area contributed by atoms with Crippen molar-refractivity contribution in [2.75, 3.05) is 0 Å². The zero-order valence-electron chi connectivity index (χ0n) is 11.1. The van der Waals surface area contributed by atoms with Crippen LogP contribution in [0.15, 0.2) is 12.1 Å². The fourth-order valence-electron chi connectivity index (χ4n) is 1.76. The van der Waals surface area contributed by atoms with Gasteiger partial charge in [0.1, 0.15) is 0 Å². The highest BCUT2D eigenvalue weighted by Gasteiger charge is 2.19. The molecule has 0 saturated carbocycles. The van der Waals surface area contributed by atoms with E-state index in [0.29, 0.717) is 0 Å². The lowest BCUT2D eigenvalue weighted by Crippen LogP contribution is -2.14. The lowest BCUT2D eigenvalue weighted by molar-refractivity contribution is -0.134. The Labute approximate surface area is 102 Å². The number of rotatable bonds is 2. The average molecular weight is 236 g/mol. The molecule has 0 bridgehead atoms. The number of phenols is 1. The van der Waals surface area contributed by atoms with Crippen LogP contribution in [0.25, 0.3) is 0 Å². The highest BCUT2D eigenvalue weighted by molar-refractivity contribution is 5.73. The van der Waals surface area contributed by atoms with Crippen molar-refractivity contribution in [3.8, 4) is 11.5 Å². The molecule has 0 spiro atoms. The smallest absolute Gasteiger partial charge is 0.311 e. The van der Waals surface area contributed by atoms with Crippen LogP contribution in [0.4, 0.5) is 0 Å². The number of hydrogen-bond acceptors (Lipinski definition) is 3. The number of aryl methyl sites for hydroxylation is 1. The summed E-state index contributed by atoms with van der Waals surface area (Å²) < 4.78 is 5.10. The van der Waals surface area contributed by atoms with Gasteiger partial charge in [-0.25, -0.2) is 0 Å². The van der Waals surface area contributed by atoms with Crippen molar-refractivity contribution >= 4 is 5.97 Å². The number of ether oxygens (including phenoxy) is 1. The van der Waals surface area contributed by atoms with E-state index in [-0.39, 0.29) is 29.3 Å². The highest BCUT2D eigenvalue weighted by Crippen LogP contribution is 2.35. The van der Waals surface area contributed by atoms with Gasteiger partial charge in [-0.3, -0.25) is 4.79 Å². The van der Waals surface area contributed by atoms with Gasteiger partial charge in [0, 0.05) is 6.42 Å². The normalized spacial score (nSPS) is 11.4. The van der Waals surface area contributed by atoms with Crippen LogP contribution < -0.4 is 4.74 Å². The third-order valence-corrected chi connectivity index (χ3v) is 2.63. The van der Waals surface area contributed by atoms with Gasteiger partial charge in [0.25, 0.3) is 0 Å². The Morgan fingerprint density at radius 3 is 2.41 bits per heavy atom. The van der Waals surface area contributed by atoms with E-state index >= 15 is 0 Å². The van der Waals surface area contributed by atoms with Crippen LogP contribution in [0.3, 0.4) is 0 Å². The van der Waals surface area contributed by atoms with E-state index in [1.165, 1.54) is 0 Å². The number of phenolic OH excluding ortho intramolecular Hbond substituents is 1. The molecule has 1 aromatic carbocycles. The first-order valence-electron chi connectivity index (χ1n) is 5.80. The topological polar surface area (TPSA) is 46.5 Å². The number of aromatic hydroxyl groups is 1. The van der Waals surface area contributed by atoms with Gasteiger partial charge in [0.15, 0.2) is 11.5 Å². The van der Waals surface area contributed by atoms with Crippen LogP contribution in [0, 0.1) is 6.92 Å². The van der Waals surface area contributed by atoms with E-state index in [2.05, 4.69) is 20.8 Å². The molecule has 0 aliphatic heterocycles. The lowest BCUT2D eigenvalue weighted by atomic mass is 9.84. The molecule has 17 heavy (non-hydrogen) atoms. The summed E-state index contributed by atoms with van der Waals surface area (Å²) in [6, 6.07) is 3.39. The largest absolute Gasteiger partial charge is 0.504 e. The molecule has 0 aromatic heterocycles. The van der Waals surface area contributed by atoms with Crippen molar-refractivity contribution in [2.24, 2.45) is 0 Å². The minimum absolute atomic E-state index is 0.0114. The fraction of sp³-hybridized carbons (Fsp3) is 0.500. The van der Waals surface area contributed by atoms with Crippen molar-refractivity contribution < 1.29 is 14.6 Å². The molecule has 3 heteroatoms. The molecule has 0 atom stereocenters. The first kappa shape index (κ1) is 13.6. The van der Waals surface area contributed by atoms with Gasteiger partial charge in [0.2, 0.25) is 0 Å². The summed E-state index contributed by atoms with van der Waals surface area (Å²) in [5.74, 6) is -0.0892. The molecule has 0 fully saturated rings. The van der Waals surface area contributed by atoms with E-state index in [0.717, 1.165) is 11.1 Å². The molecule has 0 heterocycles. The molecule has 0 aliphatic rings. The Balaban J connectivity index is 3.20. The Morgan fingerprint density at radius 2 is 1.94 bits per heavy atom. The Bertz CT molecular complexity index is 428. The second kappa shape index (κ2) is 4.78. The highest BCUT2D eigenvalue weighted by atomic mass is 16.5. The molecule has 94 valence electrons. The molecule has 0 amide bonds. The van der Waals surface area contributed by atoms with Crippen molar-refractivity contribution in [2.45, 2.75) is 46.5 Å². The Kier molecular flexibility index (Phi) is 3.81. The second-order valence-electron chi connectivity index (χ2n) is 5.21. The maximum Gasteiger partial charge on any atom is 0.311 e. The SMILES string of the molecule is CCC(=O)Oc1cc(C(C)(C)C)c(C)cc1O. The molecule has 0 saturated heterocycles. The van der Waals surface area contributed by atoms with Crippen molar-refractivity contribution in [3.63, 3.8) is 0 Å². The van der Waals surface area contributed by atoms with Crippen LogP contribution in [-0.4, -0.2) is 11.1 Å². The molecule has 1 rings (SSSR count). The van der Waals surface area contributed by atoms with Crippen LogP contribution in [0.1, 0.15) is 45.2 Å². The van der Waals surface area contributed by atoms with Gasteiger partial charge >= 0.3 is 5.97 Å². The fourth-order valence-corrected chi connectivity index (χ4v) is 1.76. The summed E-state index contributed by atoms with van der Waals surface area (Å²) >= 11 is 0. The number of benzene rings is 1. The number of carbonyl (C=O) groups excluding carboxylic acids is 1. The van der Waals surface area contributed by atoms with Crippen molar-refractivity contribution in [1.29, 1.82) is 0 Å². The third-order valence-electron chi connectivity index (χ3n) is 2.63. The molecule has 1 aromatic rings. The first-order chi connectivity index (χ1) is 7.75. The monoisotopic (exact) mass is 236 g/mol. The predicted octanol–water partition coefficient (Wildman–Crippen LogP) is 3.31. The Hall–Kier alpha value is -1.51. The molecular weight excluding hydrogens is 216 g/mol. The summed E-state index contributed by atoms with van der Waals surface area (Å²) in [5, 5.41) is 9.75. The molecule has 0 radical (unpaired) electrons. The van der Waals surface area contributed by atoms with E-state index in [1.807, 2.05) is 6.92 Å². The van der Waals surface area contributed by atoms with E-state index in [9.17, 15) is 9.90 Å². The molecule has 0 aliphatic carbocycles. The van der Waals surface area contributed by atoms with Crippen LogP contribution >= 0.6 is 0 Å². The van der Waals surface area contributed by atoms with Gasteiger partial charge in [-0.1, -0.05) is 27.7 Å². The van der Waals surface area contributed by atoms with Gasteiger partial charge in [-0.2, -0.15) is 0 Å². The zero-order chi connectivity index (χ0) is 13.2. The maximum atomic E-state index is 11.2. The lowest BCUT2D eigenvalue weighted by Gasteiger charge is -2.22. The number of hydrogen-bond donors (Lipinski definition) is 1. The van der Waals surface area contributed by atoms with Gasteiger partial charge in [-0.15, -0.1) is 0 Å². The van der Waals surface area contributed by atoms with E-state index in [4.69, 9.17) is 4.74 Å². The van der Waals surface area contributed by atoms with E-state index in [1.54, 1.807) is 19.1 Å².